The molecule has 1 fully saturated rings. The Bertz CT molecular complexity index is 1050. The molecule has 1 aliphatic rings. The summed E-state index contributed by atoms with van der Waals surface area (Å²) in [5.74, 6) is 0.489. The Morgan fingerprint density at radius 1 is 1.27 bits per heavy atom. The van der Waals surface area contributed by atoms with Crippen LogP contribution in [0, 0.1) is 21.4 Å². The lowest BCUT2D eigenvalue weighted by Gasteiger charge is -2.13. The van der Waals surface area contributed by atoms with E-state index in [1.165, 1.54) is 18.2 Å². The molecule has 172 valence electrons. The third kappa shape index (κ3) is 6.79. The molecule has 0 saturated carbocycles. The number of amides is 1. The molecule has 9 heteroatoms. The van der Waals surface area contributed by atoms with Crippen molar-refractivity contribution in [1.29, 1.82) is 5.26 Å². The maximum absolute atomic E-state index is 12.4. The number of hydrogen-bond acceptors (Lipinski definition) is 7. The van der Waals surface area contributed by atoms with Crippen LogP contribution in [0.3, 0.4) is 0 Å². The molecule has 1 aliphatic heterocycles. The van der Waals surface area contributed by atoms with E-state index in [4.69, 9.17) is 14.2 Å². The number of ether oxygens (including phenoxy) is 3. The number of rotatable bonds is 10. The first-order valence-corrected chi connectivity index (χ1v) is 10.6. The van der Waals surface area contributed by atoms with Crippen molar-refractivity contribution in [3.05, 3.63) is 69.3 Å². The smallest absolute Gasteiger partial charge is 0.269 e. The van der Waals surface area contributed by atoms with Gasteiger partial charge in [0.15, 0.2) is 11.5 Å². The Labute approximate surface area is 191 Å². The van der Waals surface area contributed by atoms with Gasteiger partial charge in [0.1, 0.15) is 18.2 Å². The predicted molar refractivity (Wildman–Crippen MR) is 121 cm³/mol. The second kappa shape index (κ2) is 11.6. The summed E-state index contributed by atoms with van der Waals surface area (Å²) in [4.78, 5) is 22.7. The SMILES string of the molecule is CCOc1cc(C=C(C#N)C(=O)NCC2CCCO2)ccc1OCc1ccc([N+](=O)[O-])cc1. The zero-order chi connectivity index (χ0) is 23.6. The Kier molecular flexibility index (Phi) is 8.38. The van der Waals surface area contributed by atoms with E-state index in [1.807, 2.05) is 13.0 Å². The molecule has 0 aromatic heterocycles. The first-order valence-electron chi connectivity index (χ1n) is 10.6. The molecule has 2 aromatic carbocycles. The summed E-state index contributed by atoms with van der Waals surface area (Å²) in [6, 6.07) is 13.1. The zero-order valence-corrected chi connectivity index (χ0v) is 18.3. The number of benzene rings is 2. The molecule has 1 heterocycles. The highest BCUT2D eigenvalue weighted by molar-refractivity contribution is 6.01. The van der Waals surface area contributed by atoms with Crippen molar-refractivity contribution < 1.29 is 23.9 Å². The van der Waals surface area contributed by atoms with E-state index in [2.05, 4.69) is 5.32 Å². The topological polar surface area (TPSA) is 124 Å². The van der Waals surface area contributed by atoms with Gasteiger partial charge in [-0.15, -0.1) is 0 Å². The normalized spacial score (nSPS) is 15.5. The lowest BCUT2D eigenvalue weighted by Crippen LogP contribution is -2.32. The van der Waals surface area contributed by atoms with Crippen molar-refractivity contribution in [1.82, 2.24) is 5.32 Å². The van der Waals surface area contributed by atoms with Gasteiger partial charge >= 0.3 is 0 Å². The molecular formula is C24H25N3O6. The molecule has 1 atom stereocenters. The standard InChI is InChI=1S/C24H25N3O6/c1-2-31-23-13-18(12-19(14-25)24(28)26-15-21-4-3-11-32-21)7-10-22(23)33-16-17-5-8-20(9-6-17)27(29)30/h5-10,12-13,21H,2-4,11,15-16H2,1H3,(H,26,28). The maximum Gasteiger partial charge on any atom is 0.269 e. The van der Waals surface area contributed by atoms with Crippen LogP contribution in [0.25, 0.3) is 6.08 Å². The second-order valence-corrected chi connectivity index (χ2v) is 7.37. The number of carbonyl (C=O) groups is 1. The average Bonchev–Trinajstić information content (AvgIpc) is 3.34. The third-order valence-corrected chi connectivity index (χ3v) is 5.00. The van der Waals surface area contributed by atoms with Crippen LogP contribution >= 0.6 is 0 Å². The molecule has 2 aromatic rings. The van der Waals surface area contributed by atoms with E-state index < -0.39 is 10.8 Å². The number of non-ortho nitro benzene ring substituents is 1. The van der Waals surface area contributed by atoms with Crippen LogP contribution < -0.4 is 14.8 Å². The molecule has 33 heavy (non-hydrogen) atoms. The van der Waals surface area contributed by atoms with Crippen LogP contribution in [-0.2, 0) is 16.1 Å². The van der Waals surface area contributed by atoms with Crippen molar-refractivity contribution in [2.75, 3.05) is 19.8 Å². The Balaban J connectivity index is 1.68. The van der Waals surface area contributed by atoms with Gasteiger partial charge in [-0.25, -0.2) is 0 Å². The van der Waals surface area contributed by atoms with Crippen molar-refractivity contribution in [2.24, 2.45) is 0 Å². The number of nitriles is 1. The summed E-state index contributed by atoms with van der Waals surface area (Å²) < 4.78 is 17.0. The highest BCUT2D eigenvalue weighted by Crippen LogP contribution is 2.30. The van der Waals surface area contributed by atoms with Gasteiger partial charge in [0.2, 0.25) is 0 Å². The van der Waals surface area contributed by atoms with Crippen molar-refractivity contribution >= 4 is 17.7 Å². The average molecular weight is 451 g/mol. The van der Waals surface area contributed by atoms with E-state index >= 15 is 0 Å². The number of nitrogens with one attached hydrogen (secondary N) is 1. The molecule has 1 amide bonds. The highest BCUT2D eigenvalue weighted by atomic mass is 16.6. The van der Waals surface area contributed by atoms with Gasteiger partial charge in [0, 0.05) is 25.3 Å². The number of nitrogens with zero attached hydrogens (tertiary/aromatic N) is 2. The Morgan fingerprint density at radius 2 is 2.06 bits per heavy atom. The minimum Gasteiger partial charge on any atom is -0.490 e. The Morgan fingerprint density at radius 3 is 2.70 bits per heavy atom. The fraction of sp³-hybridized carbons (Fsp3) is 0.333. The number of nitro benzene ring substituents is 1. The van der Waals surface area contributed by atoms with Crippen molar-refractivity contribution in [3.63, 3.8) is 0 Å². The van der Waals surface area contributed by atoms with Gasteiger partial charge in [0.25, 0.3) is 11.6 Å². The summed E-state index contributed by atoms with van der Waals surface area (Å²) in [6.07, 6.45) is 3.35. The fourth-order valence-electron chi connectivity index (χ4n) is 3.30. The molecule has 1 N–H and O–H groups in total. The summed E-state index contributed by atoms with van der Waals surface area (Å²) in [6.45, 7) is 3.50. The van der Waals surface area contributed by atoms with Crippen LogP contribution in [0.15, 0.2) is 48.0 Å². The molecule has 0 bridgehead atoms. The second-order valence-electron chi connectivity index (χ2n) is 7.37. The van der Waals surface area contributed by atoms with Crippen LogP contribution in [0.2, 0.25) is 0 Å². The Hall–Kier alpha value is -3.90. The molecule has 0 aliphatic carbocycles. The monoisotopic (exact) mass is 451 g/mol. The quantitative estimate of drug-likeness (QED) is 0.252. The van der Waals surface area contributed by atoms with Gasteiger partial charge in [0.05, 0.1) is 17.6 Å². The molecule has 0 spiro atoms. The molecule has 3 rings (SSSR count). The van der Waals surface area contributed by atoms with Crippen LogP contribution in [0.5, 0.6) is 11.5 Å². The van der Waals surface area contributed by atoms with Gasteiger partial charge in [-0.2, -0.15) is 5.26 Å². The lowest BCUT2D eigenvalue weighted by atomic mass is 10.1. The minimum absolute atomic E-state index is 0.00867. The molecule has 1 unspecified atom stereocenters. The number of nitro groups is 1. The van der Waals surface area contributed by atoms with Gasteiger partial charge in [-0.1, -0.05) is 6.07 Å². The van der Waals surface area contributed by atoms with Crippen LogP contribution in [0.1, 0.15) is 30.9 Å². The predicted octanol–water partition coefficient (Wildman–Crippen LogP) is 3.77. The largest absolute Gasteiger partial charge is 0.490 e. The molecule has 0 radical (unpaired) electrons. The summed E-state index contributed by atoms with van der Waals surface area (Å²) in [5.41, 5.74) is 1.37. The first-order chi connectivity index (χ1) is 16.0. The van der Waals surface area contributed by atoms with Crippen LogP contribution in [0.4, 0.5) is 5.69 Å². The fourth-order valence-corrected chi connectivity index (χ4v) is 3.30. The van der Waals surface area contributed by atoms with E-state index in [1.54, 1.807) is 30.3 Å². The minimum atomic E-state index is -0.456. The highest BCUT2D eigenvalue weighted by Gasteiger charge is 2.18. The van der Waals surface area contributed by atoms with Gasteiger partial charge in [-0.05, 0) is 61.2 Å². The maximum atomic E-state index is 12.4. The number of hydrogen-bond donors (Lipinski definition) is 1. The summed E-state index contributed by atoms with van der Waals surface area (Å²) in [7, 11) is 0. The number of carbonyl (C=O) groups excluding carboxylic acids is 1. The van der Waals surface area contributed by atoms with E-state index in [0.29, 0.717) is 36.8 Å². The van der Waals surface area contributed by atoms with E-state index in [-0.39, 0.29) is 24.0 Å². The first kappa shape index (κ1) is 23.8. The van der Waals surface area contributed by atoms with Crippen LogP contribution in [-0.4, -0.2) is 36.7 Å². The van der Waals surface area contributed by atoms with Crippen molar-refractivity contribution in [2.45, 2.75) is 32.5 Å². The summed E-state index contributed by atoms with van der Waals surface area (Å²) >= 11 is 0. The van der Waals surface area contributed by atoms with E-state index in [9.17, 15) is 20.2 Å². The molecule has 1 saturated heterocycles. The zero-order valence-electron chi connectivity index (χ0n) is 18.3. The van der Waals surface area contributed by atoms with Gasteiger partial charge < -0.3 is 19.5 Å². The van der Waals surface area contributed by atoms with Gasteiger partial charge in [-0.3, -0.25) is 14.9 Å². The molecule has 9 nitrogen and oxygen atoms in total. The lowest BCUT2D eigenvalue weighted by molar-refractivity contribution is -0.384. The molecular weight excluding hydrogens is 426 g/mol. The van der Waals surface area contributed by atoms with Crippen molar-refractivity contribution in [3.8, 4) is 17.6 Å². The summed E-state index contributed by atoms with van der Waals surface area (Å²) in [5, 5.41) is 23.0. The van der Waals surface area contributed by atoms with E-state index in [0.717, 1.165) is 18.4 Å². The third-order valence-electron chi connectivity index (χ3n) is 5.00.